The van der Waals surface area contributed by atoms with Gasteiger partial charge >= 0.3 is 0 Å². The number of benzene rings is 1. The fraction of sp³-hybridized carbons (Fsp3) is 0.231. The van der Waals surface area contributed by atoms with Crippen LogP contribution in [-0.4, -0.2) is 0 Å². The molecule has 0 bridgehead atoms. The lowest BCUT2D eigenvalue weighted by Gasteiger charge is -2.13. The molecule has 0 aliphatic carbocycles. The normalized spacial score (nSPS) is 12.4. The molecule has 0 saturated heterocycles. The summed E-state index contributed by atoms with van der Waals surface area (Å²) in [5.41, 5.74) is 6.64. The maximum Gasteiger partial charge on any atom is 0.127 e. The zero-order chi connectivity index (χ0) is 13.1. The summed E-state index contributed by atoms with van der Waals surface area (Å²) in [6.45, 7) is 2.25. The summed E-state index contributed by atoms with van der Waals surface area (Å²) in [4.78, 5) is 1.06. The molecular weight excluding hydrogens is 317 g/mol. The average molecular weight is 330 g/mol. The molecule has 2 nitrogen and oxygen atoms in total. The molecule has 0 aliphatic heterocycles. The van der Waals surface area contributed by atoms with Crippen molar-refractivity contribution in [3.8, 4) is 5.75 Å². The first-order valence-electron chi connectivity index (χ1n) is 5.47. The number of hydrogen-bond donors (Lipinski definition) is 1. The maximum atomic E-state index is 13.2. The van der Waals surface area contributed by atoms with Crippen LogP contribution in [0.3, 0.4) is 0 Å². The largest absolute Gasteiger partial charge is 0.488 e. The van der Waals surface area contributed by atoms with E-state index in [0.717, 1.165) is 14.9 Å². The van der Waals surface area contributed by atoms with Crippen LogP contribution in [0.5, 0.6) is 5.75 Å². The molecule has 1 aromatic carbocycles. The van der Waals surface area contributed by atoms with Gasteiger partial charge in [-0.25, -0.2) is 4.39 Å². The first kappa shape index (κ1) is 13.5. The van der Waals surface area contributed by atoms with Gasteiger partial charge in [-0.3, -0.25) is 0 Å². The number of thiophene rings is 1. The van der Waals surface area contributed by atoms with Gasteiger partial charge in [-0.05, 0) is 40.4 Å². The second kappa shape index (κ2) is 5.82. The van der Waals surface area contributed by atoms with Crippen molar-refractivity contribution in [2.24, 2.45) is 5.73 Å². The predicted molar refractivity (Wildman–Crippen MR) is 75.4 cm³/mol. The van der Waals surface area contributed by atoms with Gasteiger partial charge < -0.3 is 10.5 Å². The number of ether oxygens (including phenoxy) is 1. The van der Waals surface area contributed by atoms with Gasteiger partial charge in [0.25, 0.3) is 0 Å². The van der Waals surface area contributed by atoms with E-state index in [1.807, 2.05) is 18.4 Å². The lowest BCUT2D eigenvalue weighted by atomic mass is 10.1. The average Bonchev–Trinajstić information content (AvgIpc) is 2.72. The number of rotatable bonds is 4. The predicted octanol–water partition coefficient (Wildman–Crippen LogP) is 4.25. The highest BCUT2D eigenvalue weighted by Gasteiger charge is 2.10. The Kier molecular flexibility index (Phi) is 4.37. The van der Waals surface area contributed by atoms with Crippen LogP contribution in [0, 0.1) is 5.82 Å². The summed E-state index contributed by atoms with van der Waals surface area (Å²) in [5, 5.41) is 1.97. The van der Waals surface area contributed by atoms with E-state index in [1.54, 1.807) is 17.4 Å². The molecule has 2 aromatic rings. The van der Waals surface area contributed by atoms with Gasteiger partial charge in [0.2, 0.25) is 0 Å². The van der Waals surface area contributed by atoms with Gasteiger partial charge in [0.1, 0.15) is 18.2 Å². The van der Waals surface area contributed by atoms with E-state index in [1.165, 1.54) is 12.1 Å². The zero-order valence-corrected chi connectivity index (χ0v) is 12.2. The van der Waals surface area contributed by atoms with Crippen molar-refractivity contribution < 1.29 is 9.13 Å². The van der Waals surface area contributed by atoms with Crippen LogP contribution in [0.4, 0.5) is 4.39 Å². The van der Waals surface area contributed by atoms with Gasteiger partial charge in [0.05, 0.1) is 4.88 Å². The van der Waals surface area contributed by atoms with Crippen molar-refractivity contribution in [3.05, 3.63) is 50.4 Å². The Morgan fingerprint density at radius 3 is 2.83 bits per heavy atom. The van der Waals surface area contributed by atoms with Gasteiger partial charge in [-0.15, -0.1) is 11.3 Å². The summed E-state index contributed by atoms with van der Waals surface area (Å²) in [6.07, 6.45) is 0. The molecule has 18 heavy (non-hydrogen) atoms. The third-order valence-electron chi connectivity index (χ3n) is 2.52. The number of halogens is 2. The first-order chi connectivity index (χ1) is 8.58. The first-order valence-corrected chi connectivity index (χ1v) is 7.15. The molecule has 0 amide bonds. The van der Waals surface area contributed by atoms with Crippen LogP contribution in [0.15, 0.2) is 34.1 Å². The molecule has 0 saturated carbocycles. The van der Waals surface area contributed by atoms with E-state index >= 15 is 0 Å². The van der Waals surface area contributed by atoms with Crippen molar-refractivity contribution in [1.29, 1.82) is 0 Å². The SMILES string of the molecule is C[C@H](N)c1ccc(F)cc1OCc1sccc1Br. The number of hydrogen-bond acceptors (Lipinski definition) is 3. The summed E-state index contributed by atoms with van der Waals surface area (Å²) in [6, 6.07) is 6.21. The molecular formula is C13H13BrFNOS. The second-order valence-corrected chi connectivity index (χ2v) is 5.81. The Hall–Kier alpha value is -0.910. The quantitative estimate of drug-likeness (QED) is 0.910. The van der Waals surface area contributed by atoms with Crippen LogP contribution in [-0.2, 0) is 6.61 Å². The highest BCUT2D eigenvalue weighted by atomic mass is 79.9. The van der Waals surface area contributed by atoms with Crippen molar-refractivity contribution in [2.45, 2.75) is 19.6 Å². The van der Waals surface area contributed by atoms with Crippen molar-refractivity contribution in [1.82, 2.24) is 0 Å². The van der Waals surface area contributed by atoms with Crippen LogP contribution in [0.1, 0.15) is 23.4 Å². The molecule has 5 heteroatoms. The van der Waals surface area contributed by atoms with Gasteiger partial charge in [-0.2, -0.15) is 0 Å². The Morgan fingerprint density at radius 2 is 2.22 bits per heavy atom. The molecule has 2 N–H and O–H groups in total. The highest BCUT2D eigenvalue weighted by Crippen LogP contribution is 2.28. The lowest BCUT2D eigenvalue weighted by Crippen LogP contribution is -2.08. The molecule has 2 rings (SSSR count). The minimum absolute atomic E-state index is 0.188. The summed E-state index contributed by atoms with van der Waals surface area (Å²) >= 11 is 5.02. The Morgan fingerprint density at radius 1 is 1.44 bits per heavy atom. The van der Waals surface area contributed by atoms with Crippen LogP contribution >= 0.6 is 27.3 Å². The van der Waals surface area contributed by atoms with E-state index < -0.39 is 0 Å². The molecule has 0 unspecified atom stereocenters. The van der Waals surface area contributed by atoms with E-state index in [9.17, 15) is 4.39 Å². The summed E-state index contributed by atoms with van der Waals surface area (Å²) < 4.78 is 19.9. The van der Waals surface area contributed by atoms with Crippen molar-refractivity contribution >= 4 is 27.3 Å². The number of nitrogens with two attached hydrogens (primary N) is 1. The minimum Gasteiger partial charge on any atom is -0.488 e. The Bertz CT molecular complexity index is 542. The Balaban J connectivity index is 2.18. The van der Waals surface area contributed by atoms with Gasteiger partial charge in [0, 0.05) is 22.1 Å². The lowest BCUT2D eigenvalue weighted by molar-refractivity contribution is 0.302. The minimum atomic E-state index is -0.320. The summed E-state index contributed by atoms with van der Waals surface area (Å²) in [5.74, 6) is 0.185. The van der Waals surface area contributed by atoms with Gasteiger partial charge in [0.15, 0.2) is 0 Å². The van der Waals surface area contributed by atoms with Crippen LogP contribution in [0.25, 0.3) is 0 Å². The van der Waals surface area contributed by atoms with E-state index in [2.05, 4.69) is 15.9 Å². The monoisotopic (exact) mass is 329 g/mol. The van der Waals surface area contributed by atoms with E-state index in [-0.39, 0.29) is 11.9 Å². The fourth-order valence-corrected chi connectivity index (χ4v) is 2.96. The molecule has 0 spiro atoms. The third kappa shape index (κ3) is 3.10. The zero-order valence-electron chi connectivity index (χ0n) is 9.82. The fourth-order valence-electron chi connectivity index (χ4n) is 1.58. The third-order valence-corrected chi connectivity index (χ3v) is 4.42. The molecule has 1 heterocycles. The van der Waals surface area contributed by atoms with E-state index in [0.29, 0.717) is 12.4 Å². The van der Waals surface area contributed by atoms with Gasteiger partial charge in [-0.1, -0.05) is 6.07 Å². The smallest absolute Gasteiger partial charge is 0.127 e. The molecule has 0 aliphatic rings. The molecule has 0 fully saturated rings. The molecule has 1 aromatic heterocycles. The van der Waals surface area contributed by atoms with Crippen LogP contribution in [0.2, 0.25) is 0 Å². The maximum absolute atomic E-state index is 13.2. The van der Waals surface area contributed by atoms with Crippen LogP contribution < -0.4 is 10.5 Å². The topological polar surface area (TPSA) is 35.2 Å². The highest BCUT2D eigenvalue weighted by molar-refractivity contribution is 9.10. The molecule has 0 radical (unpaired) electrons. The standard InChI is InChI=1S/C13H13BrFNOS/c1-8(16)10-3-2-9(15)6-12(10)17-7-13-11(14)4-5-18-13/h2-6,8H,7,16H2,1H3/t8-/m0/s1. The van der Waals surface area contributed by atoms with Crippen molar-refractivity contribution in [3.63, 3.8) is 0 Å². The second-order valence-electron chi connectivity index (χ2n) is 3.95. The molecule has 1 atom stereocenters. The summed E-state index contributed by atoms with van der Waals surface area (Å²) in [7, 11) is 0. The van der Waals surface area contributed by atoms with Crippen molar-refractivity contribution in [2.75, 3.05) is 0 Å². The molecule has 96 valence electrons. The Labute approximate surface area is 118 Å². The van der Waals surface area contributed by atoms with E-state index in [4.69, 9.17) is 10.5 Å².